The summed E-state index contributed by atoms with van der Waals surface area (Å²) in [5.41, 5.74) is -1.52. The van der Waals surface area contributed by atoms with Crippen LogP contribution in [0.5, 0.6) is 11.5 Å². The zero-order valence-electron chi connectivity index (χ0n) is 27.1. The van der Waals surface area contributed by atoms with Crippen LogP contribution >= 0.6 is 22.7 Å². The van der Waals surface area contributed by atoms with Crippen LogP contribution in [0.4, 0.5) is 43.9 Å². The molecular formula is C38H14F10N2O2S2Zn. The van der Waals surface area contributed by atoms with Crippen LogP contribution in [0.1, 0.15) is 0 Å². The third kappa shape index (κ3) is 7.03. The molecule has 17 heteroatoms. The number of benzene rings is 6. The van der Waals surface area contributed by atoms with E-state index in [1.807, 2.05) is 0 Å². The molecule has 0 aliphatic heterocycles. The Morgan fingerprint density at radius 1 is 0.400 bits per heavy atom. The number of nitrogens with zero attached hydrogens (tertiary/aromatic N) is 2. The molecule has 8 aromatic rings. The SMILES string of the molecule is [O-]c1ccc(-c2c(F)c(F)c(F)c(F)c2F)cc1-c1nc2ccccc2s1.[O-]c1ccc(-c2c(F)c(F)c(F)c(F)c2F)cc1-c1nc2ccccc2s1.[Zn+2]. The maximum Gasteiger partial charge on any atom is 2.00 e. The molecule has 2 aromatic heterocycles. The number of hydrogen-bond acceptors (Lipinski definition) is 6. The Morgan fingerprint density at radius 2 is 0.709 bits per heavy atom. The second-order valence-corrected chi connectivity index (χ2v) is 13.3. The van der Waals surface area contributed by atoms with Crippen molar-refractivity contribution in [2.45, 2.75) is 0 Å². The smallest absolute Gasteiger partial charge is 0.872 e. The molecule has 0 unspecified atom stereocenters. The first-order valence-corrected chi connectivity index (χ1v) is 16.8. The maximum atomic E-state index is 14.1. The minimum absolute atomic E-state index is 0. The Bertz CT molecular complexity index is 2480. The largest absolute Gasteiger partial charge is 2.00 e. The molecule has 0 saturated carbocycles. The fourth-order valence-corrected chi connectivity index (χ4v) is 7.37. The molecular weight excluding hydrogens is 836 g/mol. The first-order chi connectivity index (χ1) is 25.8. The second kappa shape index (κ2) is 15.4. The van der Waals surface area contributed by atoms with Gasteiger partial charge >= 0.3 is 19.5 Å². The Labute approximate surface area is 323 Å². The van der Waals surface area contributed by atoms with Crippen LogP contribution in [-0.4, -0.2) is 9.97 Å². The van der Waals surface area contributed by atoms with Crippen molar-refractivity contribution in [1.29, 1.82) is 0 Å². The molecule has 0 bridgehead atoms. The molecule has 0 N–H and O–H groups in total. The predicted octanol–water partition coefficient (Wildman–Crippen LogP) is 10.8. The number of thiazole rings is 2. The quantitative estimate of drug-likeness (QED) is 0.0765. The standard InChI is InChI=1S/2C19H8F5NOS.Zn/c2*20-14-13(15(21)17(23)18(24)16(14)22)8-5-6-11(26)9(7-8)19-25-10-3-1-2-4-12(10)27-19;/h2*1-7,26H;/q;;+2/p-2. The second-order valence-electron chi connectivity index (χ2n) is 11.3. The van der Waals surface area contributed by atoms with Crippen LogP contribution in [0.25, 0.3) is 63.8 Å². The van der Waals surface area contributed by atoms with Crippen molar-refractivity contribution in [3.05, 3.63) is 143 Å². The van der Waals surface area contributed by atoms with Gasteiger partial charge in [-0.1, -0.05) is 60.0 Å². The fraction of sp³-hybridized carbons (Fsp3) is 0. The average Bonchev–Trinajstić information content (AvgIpc) is 3.81. The third-order valence-corrected chi connectivity index (χ3v) is 10.1. The molecule has 6 aromatic carbocycles. The monoisotopic (exact) mass is 848 g/mol. The molecule has 55 heavy (non-hydrogen) atoms. The van der Waals surface area contributed by atoms with Crippen molar-refractivity contribution < 1.29 is 73.6 Å². The number of fused-ring (bicyclic) bond motifs is 2. The van der Waals surface area contributed by atoms with E-state index in [2.05, 4.69) is 9.97 Å². The van der Waals surface area contributed by atoms with Gasteiger partial charge in [-0.05, 0) is 47.5 Å². The zero-order valence-corrected chi connectivity index (χ0v) is 31.7. The zero-order chi connectivity index (χ0) is 38.6. The van der Waals surface area contributed by atoms with Gasteiger partial charge in [0.15, 0.2) is 46.5 Å². The van der Waals surface area contributed by atoms with Gasteiger partial charge < -0.3 is 10.2 Å². The van der Waals surface area contributed by atoms with E-state index in [1.165, 1.54) is 22.7 Å². The van der Waals surface area contributed by atoms with Crippen LogP contribution in [0.3, 0.4) is 0 Å². The van der Waals surface area contributed by atoms with Gasteiger partial charge in [-0.25, -0.2) is 53.9 Å². The summed E-state index contributed by atoms with van der Waals surface area (Å²) in [4.78, 5) is 8.59. The molecule has 8 rings (SSSR count). The number of hydrogen-bond donors (Lipinski definition) is 0. The van der Waals surface area contributed by atoms with Gasteiger partial charge in [-0.15, -0.1) is 22.7 Å². The van der Waals surface area contributed by atoms with Gasteiger partial charge in [-0.2, -0.15) is 0 Å². The maximum absolute atomic E-state index is 14.1. The number of rotatable bonds is 4. The van der Waals surface area contributed by atoms with Crippen molar-refractivity contribution in [1.82, 2.24) is 9.97 Å². The van der Waals surface area contributed by atoms with E-state index in [0.717, 1.165) is 45.8 Å². The van der Waals surface area contributed by atoms with E-state index < -0.39 is 80.8 Å². The molecule has 0 aliphatic rings. The Morgan fingerprint density at radius 3 is 1.04 bits per heavy atom. The number of aromatic nitrogens is 2. The van der Waals surface area contributed by atoms with Crippen LogP contribution in [0.15, 0.2) is 84.9 Å². The van der Waals surface area contributed by atoms with Crippen LogP contribution in [-0.2, 0) is 19.5 Å². The molecule has 0 aliphatic carbocycles. The summed E-state index contributed by atoms with van der Waals surface area (Å²) in [6, 6.07) is 20.3. The van der Waals surface area contributed by atoms with Gasteiger partial charge in [0, 0.05) is 11.1 Å². The van der Waals surface area contributed by atoms with Crippen LogP contribution in [0, 0.1) is 58.2 Å². The van der Waals surface area contributed by atoms with Gasteiger partial charge in [-0.3, -0.25) is 0 Å². The summed E-state index contributed by atoms with van der Waals surface area (Å²) in [6.07, 6.45) is 0. The topological polar surface area (TPSA) is 71.9 Å². The molecule has 0 atom stereocenters. The molecule has 2 heterocycles. The summed E-state index contributed by atoms with van der Waals surface area (Å²) in [6.45, 7) is 0. The predicted molar refractivity (Wildman–Crippen MR) is 179 cm³/mol. The van der Waals surface area contributed by atoms with Gasteiger partial charge in [0.1, 0.15) is 10.0 Å². The molecule has 0 fully saturated rings. The van der Waals surface area contributed by atoms with E-state index in [1.54, 1.807) is 48.5 Å². The number of para-hydroxylation sites is 2. The van der Waals surface area contributed by atoms with Crippen molar-refractivity contribution in [2.24, 2.45) is 0 Å². The Kier molecular flexibility index (Phi) is 11.0. The van der Waals surface area contributed by atoms with E-state index in [9.17, 15) is 54.1 Å². The van der Waals surface area contributed by atoms with Crippen LogP contribution in [0.2, 0.25) is 0 Å². The average molecular weight is 850 g/mol. The van der Waals surface area contributed by atoms with E-state index >= 15 is 0 Å². The molecule has 0 amide bonds. The summed E-state index contributed by atoms with van der Waals surface area (Å²) >= 11 is 2.36. The Balaban J connectivity index is 0.000000184. The summed E-state index contributed by atoms with van der Waals surface area (Å²) in [5.74, 6) is -21.5. The fourth-order valence-electron chi connectivity index (χ4n) is 5.40. The summed E-state index contributed by atoms with van der Waals surface area (Å²) in [7, 11) is 0. The van der Waals surface area contributed by atoms with E-state index in [-0.39, 0.29) is 51.7 Å². The molecule has 0 radical (unpaired) electrons. The summed E-state index contributed by atoms with van der Waals surface area (Å²) < 4.78 is 138. The minimum Gasteiger partial charge on any atom is -0.872 e. The Hall–Kier alpha value is -5.38. The van der Waals surface area contributed by atoms with Crippen molar-refractivity contribution >= 4 is 43.1 Å². The molecule has 272 valence electrons. The normalized spacial score (nSPS) is 11.1. The first kappa shape index (κ1) is 39.3. The molecule has 0 saturated heterocycles. The van der Waals surface area contributed by atoms with Crippen molar-refractivity contribution in [3.8, 4) is 54.9 Å². The van der Waals surface area contributed by atoms with Crippen LogP contribution < -0.4 is 10.2 Å². The summed E-state index contributed by atoms with van der Waals surface area (Å²) in [5, 5.41) is 25.0. The first-order valence-electron chi connectivity index (χ1n) is 15.1. The van der Waals surface area contributed by atoms with E-state index in [0.29, 0.717) is 11.0 Å². The van der Waals surface area contributed by atoms with Gasteiger partial charge in [0.2, 0.25) is 11.6 Å². The van der Waals surface area contributed by atoms with Crippen molar-refractivity contribution in [2.75, 3.05) is 0 Å². The number of halogens is 10. The van der Waals surface area contributed by atoms with Gasteiger partial charge in [0.25, 0.3) is 0 Å². The van der Waals surface area contributed by atoms with Gasteiger partial charge in [0.05, 0.1) is 31.6 Å². The van der Waals surface area contributed by atoms with Crippen molar-refractivity contribution in [3.63, 3.8) is 0 Å². The molecule has 0 spiro atoms. The van der Waals surface area contributed by atoms with E-state index in [4.69, 9.17) is 0 Å². The minimum atomic E-state index is -2.24. The molecule has 4 nitrogen and oxygen atoms in total. The third-order valence-electron chi connectivity index (χ3n) is 8.00.